The van der Waals surface area contributed by atoms with Crippen LogP contribution in [0.15, 0.2) is 35.5 Å². The Hall–Kier alpha value is -3.26. The molecule has 2 N–H and O–H groups in total. The molecule has 1 unspecified atom stereocenters. The lowest BCUT2D eigenvalue weighted by Gasteiger charge is -2.14. The molecule has 1 aliphatic heterocycles. The van der Waals surface area contributed by atoms with Gasteiger partial charge in [-0.25, -0.2) is 14.5 Å². The molecule has 4 heterocycles. The number of aryl methyl sites for hydroxylation is 2. The van der Waals surface area contributed by atoms with Crippen LogP contribution in [0.2, 0.25) is 0 Å². The Bertz CT molecular complexity index is 1280. The Kier molecular flexibility index (Phi) is 3.70. The number of benzene rings is 1. The van der Waals surface area contributed by atoms with E-state index in [4.69, 9.17) is 0 Å². The van der Waals surface area contributed by atoms with Gasteiger partial charge in [-0.3, -0.25) is 9.36 Å². The van der Waals surface area contributed by atoms with Gasteiger partial charge in [-0.15, -0.1) is 0 Å². The fourth-order valence-electron chi connectivity index (χ4n) is 3.91. The fourth-order valence-corrected chi connectivity index (χ4v) is 3.91. The van der Waals surface area contributed by atoms with Gasteiger partial charge in [0.05, 0.1) is 35.5 Å². The topological polar surface area (TPSA) is 97.3 Å². The molecule has 5 rings (SSSR count). The molecule has 1 aliphatic rings. The first-order valence-electron chi connectivity index (χ1n) is 9.30. The number of rotatable bonds is 2. The van der Waals surface area contributed by atoms with E-state index >= 15 is 0 Å². The van der Waals surface area contributed by atoms with Gasteiger partial charge in [0.2, 0.25) is 0 Å². The predicted octanol–water partition coefficient (Wildman–Crippen LogP) is 1.96. The third kappa shape index (κ3) is 2.56. The number of fused-ring (bicyclic) bond motifs is 2. The molecule has 1 atom stereocenters. The summed E-state index contributed by atoms with van der Waals surface area (Å²) in [5, 5.41) is 18.7. The summed E-state index contributed by atoms with van der Waals surface area (Å²) in [5.74, 6) is -0.0772. The lowest BCUT2D eigenvalue weighted by Crippen LogP contribution is -2.26. The van der Waals surface area contributed by atoms with E-state index in [1.54, 1.807) is 27.5 Å². The Morgan fingerprint density at radius 2 is 2.11 bits per heavy atom. The number of nitrogens with zero attached hydrogens (tertiary/aromatic N) is 5. The molecule has 28 heavy (non-hydrogen) atoms. The van der Waals surface area contributed by atoms with E-state index in [0.29, 0.717) is 16.8 Å². The summed E-state index contributed by atoms with van der Waals surface area (Å²) in [5.41, 5.74) is 4.31. The van der Waals surface area contributed by atoms with Crippen LogP contribution in [0.5, 0.6) is 5.75 Å². The van der Waals surface area contributed by atoms with Crippen molar-refractivity contribution in [3.8, 4) is 17.0 Å². The lowest BCUT2D eigenvalue weighted by molar-refractivity contribution is 0.478. The number of phenols is 1. The van der Waals surface area contributed by atoms with Gasteiger partial charge in [0, 0.05) is 12.1 Å². The van der Waals surface area contributed by atoms with Crippen LogP contribution in [0.3, 0.4) is 0 Å². The first kappa shape index (κ1) is 16.9. The molecule has 142 valence electrons. The van der Waals surface area contributed by atoms with Crippen LogP contribution in [0.25, 0.3) is 27.8 Å². The number of nitrogens with one attached hydrogen (secondary N) is 1. The number of aromatic hydroxyl groups is 1. The summed E-state index contributed by atoms with van der Waals surface area (Å²) in [6, 6.07) is 5.37. The highest BCUT2D eigenvalue weighted by atomic mass is 16.3. The molecule has 3 aromatic heterocycles. The number of hydrogen-bond donors (Lipinski definition) is 2. The quantitative estimate of drug-likeness (QED) is 0.555. The molecule has 1 saturated heterocycles. The van der Waals surface area contributed by atoms with Crippen LogP contribution in [0.4, 0.5) is 0 Å². The third-order valence-corrected chi connectivity index (χ3v) is 5.32. The maximum atomic E-state index is 12.9. The second-order valence-corrected chi connectivity index (χ2v) is 7.36. The van der Waals surface area contributed by atoms with E-state index in [9.17, 15) is 9.90 Å². The molecule has 0 saturated carbocycles. The third-order valence-electron chi connectivity index (χ3n) is 5.32. The minimum absolute atomic E-state index is 0.0691. The van der Waals surface area contributed by atoms with Crippen LogP contribution in [-0.4, -0.2) is 42.3 Å². The SMILES string of the molecule is Cc1cn2nc(-c3cc(O)c4c(=O)n(C5CCNC5)cnc4c3)cc(C)c2n1. The number of imidazole rings is 1. The van der Waals surface area contributed by atoms with E-state index in [1.807, 2.05) is 26.1 Å². The highest BCUT2D eigenvalue weighted by Gasteiger charge is 2.20. The molecule has 0 spiro atoms. The molecule has 0 radical (unpaired) electrons. The van der Waals surface area contributed by atoms with Crippen LogP contribution in [0, 0.1) is 13.8 Å². The van der Waals surface area contributed by atoms with E-state index in [-0.39, 0.29) is 22.7 Å². The summed E-state index contributed by atoms with van der Waals surface area (Å²) < 4.78 is 3.35. The summed E-state index contributed by atoms with van der Waals surface area (Å²) in [6.45, 7) is 5.51. The molecule has 0 bridgehead atoms. The monoisotopic (exact) mass is 376 g/mol. The number of hydrogen-bond acceptors (Lipinski definition) is 6. The van der Waals surface area contributed by atoms with Crippen molar-refractivity contribution in [3.63, 3.8) is 0 Å². The van der Waals surface area contributed by atoms with Gasteiger partial charge >= 0.3 is 0 Å². The predicted molar refractivity (Wildman–Crippen MR) is 106 cm³/mol. The van der Waals surface area contributed by atoms with Crippen molar-refractivity contribution in [2.45, 2.75) is 26.3 Å². The Morgan fingerprint density at radius 1 is 1.25 bits per heavy atom. The van der Waals surface area contributed by atoms with Crippen molar-refractivity contribution >= 4 is 16.6 Å². The average Bonchev–Trinajstić information content (AvgIpc) is 3.31. The molecule has 1 aromatic carbocycles. The van der Waals surface area contributed by atoms with Crippen molar-refractivity contribution in [2.75, 3.05) is 13.1 Å². The van der Waals surface area contributed by atoms with Gasteiger partial charge in [-0.2, -0.15) is 5.10 Å². The summed E-state index contributed by atoms with van der Waals surface area (Å²) >= 11 is 0. The van der Waals surface area contributed by atoms with Crippen LogP contribution >= 0.6 is 0 Å². The lowest BCUT2D eigenvalue weighted by atomic mass is 10.1. The van der Waals surface area contributed by atoms with Gasteiger partial charge in [-0.05, 0) is 50.6 Å². The first-order valence-corrected chi connectivity index (χ1v) is 9.30. The van der Waals surface area contributed by atoms with E-state index in [0.717, 1.165) is 36.4 Å². The minimum atomic E-state index is -0.215. The van der Waals surface area contributed by atoms with Crippen molar-refractivity contribution in [1.82, 2.24) is 29.5 Å². The largest absolute Gasteiger partial charge is 0.507 e. The van der Waals surface area contributed by atoms with Gasteiger partial charge in [0.1, 0.15) is 11.1 Å². The Morgan fingerprint density at radius 3 is 2.89 bits per heavy atom. The molecule has 8 nitrogen and oxygen atoms in total. The fraction of sp³-hybridized carbons (Fsp3) is 0.300. The zero-order valence-electron chi connectivity index (χ0n) is 15.7. The number of phenolic OH excluding ortho intramolecular Hbond substituents is 1. The minimum Gasteiger partial charge on any atom is -0.507 e. The zero-order valence-corrected chi connectivity index (χ0v) is 15.7. The highest BCUT2D eigenvalue weighted by Crippen LogP contribution is 2.29. The molecule has 4 aromatic rings. The van der Waals surface area contributed by atoms with E-state index < -0.39 is 0 Å². The standard InChI is InChI=1S/C20H20N6O2/c1-11-5-15(24-26-9-12(2)23-19(11)26)13-6-16-18(17(27)7-13)20(28)25(10-22-16)14-3-4-21-8-14/h5-7,9-10,14,21,27H,3-4,8H2,1-2H3. The van der Waals surface area contributed by atoms with Crippen molar-refractivity contribution in [1.29, 1.82) is 0 Å². The molecule has 0 aliphatic carbocycles. The van der Waals surface area contributed by atoms with Gasteiger partial charge in [0.15, 0.2) is 5.65 Å². The molecule has 1 fully saturated rings. The van der Waals surface area contributed by atoms with Crippen LogP contribution in [0.1, 0.15) is 23.7 Å². The normalized spacial score (nSPS) is 17.0. The van der Waals surface area contributed by atoms with Crippen molar-refractivity contribution in [3.05, 3.63) is 52.3 Å². The van der Waals surface area contributed by atoms with Crippen LogP contribution < -0.4 is 10.9 Å². The summed E-state index contributed by atoms with van der Waals surface area (Å²) in [7, 11) is 0. The molecular formula is C20H20N6O2. The number of aromatic nitrogens is 5. The Balaban J connectivity index is 1.68. The second-order valence-electron chi connectivity index (χ2n) is 7.36. The maximum Gasteiger partial charge on any atom is 0.265 e. The second kappa shape index (κ2) is 6.13. The summed E-state index contributed by atoms with van der Waals surface area (Å²) in [6.07, 6.45) is 4.31. The highest BCUT2D eigenvalue weighted by molar-refractivity contribution is 5.88. The summed E-state index contributed by atoms with van der Waals surface area (Å²) in [4.78, 5) is 21.8. The van der Waals surface area contributed by atoms with E-state index in [1.165, 1.54) is 0 Å². The van der Waals surface area contributed by atoms with Gasteiger partial charge in [-0.1, -0.05) is 0 Å². The zero-order chi connectivity index (χ0) is 19.4. The Labute approximate surface area is 160 Å². The first-order chi connectivity index (χ1) is 13.5. The van der Waals surface area contributed by atoms with Crippen molar-refractivity contribution in [2.24, 2.45) is 0 Å². The average molecular weight is 376 g/mol. The maximum absolute atomic E-state index is 12.9. The van der Waals surface area contributed by atoms with Gasteiger partial charge < -0.3 is 10.4 Å². The van der Waals surface area contributed by atoms with Crippen molar-refractivity contribution < 1.29 is 5.11 Å². The van der Waals surface area contributed by atoms with Crippen LogP contribution in [-0.2, 0) is 0 Å². The molecular weight excluding hydrogens is 356 g/mol. The van der Waals surface area contributed by atoms with E-state index in [2.05, 4.69) is 20.4 Å². The molecule has 0 amide bonds. The van der Waals surface area contributed by atoms with Gasteiger partial charge in [0.25, 0.3) is 5.56 Å². The molecule has 8 heteroatoms. The smallest absolute Gasteiger partial charge is 0.265 e.